The van der Waals surface area contributed by atoms with E-state index in [1.807, 2.05) is 30.3 Å². The highest BCUT2D eigenvalue weighted by atomic mass is 35.5. The van der Waals surface area contributed by atoms with Gasteiger partial charge in [0.15, 0.2) is 0 Å². The van der Waals surface area contributed by atoms with Crippen molar-refractivity contribution in [3.05, 3.63) is 53.6 Å². The summed E-state index contributed by atoms with van der Waals surface area (Å²) in [6.07, 6.45) is 5.13. The monoisotopic (exact) mass is 313 g/mol. The zero-order chi connectivity index (χ0) is 14.9. The van der Waals surface area contributed by atoms with Crippen LogP contribution in [0, 0.1) is 0 Å². The Labute approximate surface area is 136 Å². The number of nitrogens with one attached hydrogen (secondary N) is 1. The van der Waals surface area contributed by atoms with Gasteiger partial charge >= 0.3 is 0 Å². The van der Waals surface area contributed by atoms with Crippen molar-refractivity contribution in [1.82, 2.24) is 5.32 Å². The second-order valence-corrected chi connectivity index (χ2v) is 6.76. The van der Waals surface area contributed by atoms with Gasteiger partial charge in [0, 0.05) is 22.7 Å². The molecule has 114 valence electrons. The van der Waals surface area contributed by atoms with Crippen molar-refractivity contribution in [2.24, 2.45) is 0 Å². The van der Waals surface area contributed by atoms with Crippen LogP contribution in [0.3, 0.4) is 0 Å². The van der Waals surface area contributed by atoms with E-state index in [1.54, 1.807) is 0 Å². The predicted octanol–water partition coefficient (Wildman–Crippen LogP) is 4.67. The van der Waals surface area contributed by atoms with E-state index in [2.05, 4.69) is 23.5 Å². The number of rotatable bonds is 3. The maximum absolute atomic E-state index is 6.36. The third-order valence-corrected chi connectivity index (χ3v) is 5.08. The van der Waals surface area contributed by atoms with Crippen LogP contribution in [0.2, 0.25) is 5.02 Å². The maximum Gasteiger partial charge on any atom is 0.120 e. The van der Waals surface area contributed by atoms with Crippen LogP contribution < -0.4 is 10.1 Å². The molecule has 0 radical (unpaired) electrons. The number of piperidine rings is 1. The summed E-state index contributed by atoms with van der Waals surface area (Å²) in [5, 5.41) is 4.42. The fourth-order valence-electron chi connectivity index (χ4n) is 3.71. The van der Waals surface area contributed by atoms with Crippen molar-refractivity contribution in [2.75, 3.05) is 0 Å². The standard InChI is InChI=1S/C19H20ClNO/c20-19-9-8-16(12-18(19)13-4-2-1-3-5-13)22-17-10-14-6-7-15(11-17)21-14/h1-5,8-9,12,14-15,17,21H,6-7,10-11H2/t14-,15+,17?. The average Bonchev–Trinajstić information content (AvgIpc) is 2.89. The highest BCUT2D eigenvalue weighted by molar-refractivity contribution is 6.33. The van der Waals surface area contributed by atoms with Gasteiger partial charge in [-0.3, -0.25) is 0 Å². The van der Waals surface area contributed by atoms with Crippen molar-refractivity contribution in [3.63, 3.8) is 0 Å². The van der Waals surface area contributed by atoms with Crippen LogP contribution in [0.25, 0.3) is 11.1 Å². The summed E-state index contributed by atoms with van der Waals surface area (Å²) in [5.74, 6) is 0.926. The molecule has 2 saturated heterocycles. The van der Waals surface area contributed by atoms with Gasteiger partial charge in [-0.1, -0.05) is 41.9 Å². The Kier molecular flexibility index (Phi) is 3.81. The summed E-state index contributed by atoms with van der Waals surface area (Å²) >= 11 is 6.36. The third-order valence-electron chi connectivity index (χ3n) is 4.76. The minimum Gasteiger partial charge on any atom is -0.490 e. The molecule has 2 bridgehead atoms. The zero-order valence-corrected chi connectivity index (χ0v) is 13.2. The van der Waals surface area contributed by atoms with Gasteiger partial charge in [0.05, 0.1) is 0 Å². The molecule has 2 aromatic carbocycles. The molecule has 2 aliphatic rings. The van der Waals surface area contributed by atoms with E-state index < -0.39 is 0 Å². The van der Waals surface area contributed by atoms with Crippen LogP contribution in [0.5, 0.6) is 5.75 Å². The van der Waals surface area contributed by atoms with Crippen LogP contribution >= 0.6 is 11.6 Å². The molecular weight excluding hydrogens is 294 g/mol. The lowest BCUT2D eigenvalue weighted by atomic mass is 10.0. The molecule has 1 N–H and O–H groups in total. The van der Waals surface area contributed by atoms with Crippen LogP contribution in [0.4, 0.5) is 0 Å². The number of halogens is 1. The van der Waals surface area contributed by atoms with Crippen molar-refractivity contribution >= 4 is 11.6 Å². The van der Waals surface area contributed by atoms with Gasteiger partial charge < -0.3 is 10.1 Å². The van der Waals surface area contributed by atoms with E-state index in [0.717, 1.165) is 34.7 Å². The SMILES string of the molecule is Clc1ccc(OC2C[C@H]3CC[C@@H](C2)N3)cc1-c1ccccc1. The molecular formula is C19H20ClNO. The second kappa shape index (κ2) is 5.94. The Bertz CT molecular complexity index is 646. The molecule has 0 spiro atoms. The van der Waals surface area contributed by atoms with Gasteiger partial charge in [-0.25, -0.2) is 0 Å². The number of fused-ring (bicyclic) bond motifs is 2. The van der Waals surface area contributed by atoms with E-state index >= 15 is 0 Å². The smallest absolute Gasteiger partial charge is 0.120 e. The van der Waals surface area contributed by atoms with Crippen molar-refractivity contribution in [1.29, 1.82) is 0 Å². The van der Waals surface area contributed by atoms with Gasteiger partial charge in [0.1, 0.15) is 11.9 Å². The first kappa shape index (κ1) is 14.1. The molecule has 0 aromatic heterocycles. The first-order chi connectivity index (χ1) is 10.8. The number of ether oxygens (including phenoxy) is 1. The van der Waals surface area contributed by atoms with Crippen LogP contribution in [-0.2, 0) is 0 Å². The Morgan fingerprint density at radius 2 is 1.68 bits per heavy atom. The molecule has 1 unspecified atom stereocenters. The summed E-state index contributed by atoms with van der Waals surface area (Å²) in [7, 11) is 0. The molecule has 2 fully saturated rings. The van der Waals surface area contributed by atoms with Crippen molar-refractivity contribution in [3.8, 4) is 16.9 Å². The first-order valence-corrected chi connectivity index (χ1v) is 8.43. The highest BCUT2D eigenvalue weighted by Crippen LogP contribution is 2.34. The lowest BCUT2D eigenvalue weighted by Gasteiger charge is -2.29. The van der Waals surface area contributed by atoms with E-state index in [-0.39, 0.29) is 0 Å². The molecule has 0 saturated carbocycles. The van der Waals surface area contributed by atoms with Crippen molar-refractivity contribution < 1.29 is 4.74 Å². The first-order valence-electron chi connectivity index (χ1n) is 8.05. The van der Waals surface area contributed by atoms with Gasteiger partial charge in [-0.2, -0.15) is 0 Å². The van der Waals surface area contributed by atoms with Crippen LogP contribution in [0.15, 0.2) is 48.5 Å². The summed E-state index contributed by atoms with van der Waals surface area (Å²) < 4.78 is 6.25. The lowest BCUT2D eigenvalue weighted by Crippen LogP contribution is -2.42. The molecule has 3 atom stereocenters. The van der Waals surface area contributed by atoms with Crippen molar-refractivity contribution in [2.45, 2.75) is 43.9 Å². The number of hydrogen-bond donors (Lipinski definition) is 1. The van der Waals surface area contributed by atoms with E-state index in [0.29, 0.717) is 18.2 Å². The molecule has 2 nitrogen and oxygen atoms in total. The summed E-state index contributed by atoms with van der Waals surface area (Å²) in [6.45, 7) is 0. The Hall–Kier alpha value is -1.51. The molecule has 22 heavy (non-hydrogen) atoms. The van der Waals surface area contributed by atoms with Crippen LogP contribution in [0.1, 0.15) is 25.7 Å². The second-order valence-electron chi connectivity index (χ2n) is 6.36. The Morgan fingerprint density at radius 3 is 2.41 bits per heavy atom. The molecule has 2 aliphatic heterocycles. The Balaban J connectivity index is 1.55. The maximum atomic E-state index is 6.36. The molecule has 0 amide bonds. The molecule has 3 heteroatoms. The fraction of sp³-hybridized carbons (Fsp3) is 0.368. The average molecular weight is 314 g/mol. The minimum atomic E-state index is 0.323. The number of hydrogen-bond acceptors (Lipinski definition) is 2. The molecule has 4 rings (SSSR count). The lowest BCUT2D eigenvalue weighted by molar-refractivity contribution is 0.137. The summed E-state index contributed by atoms with van der Waals surface area (Å²) in [5.41, 5.74) is 2.17. The molecule has 0 aliphatic carbocycles. The predicted molar refractivity (Wildman–Crippen MR) is 90.5 cm³/mol. The number of benzene rings is 2. The molecule has 2 aromatic rings. The fourth-order valence-corrected chi connectivity index (χ4v) is 3.94. The minimum absolute atomic E-state index is 0.323. The molecule has 2 heterocycles. The normalized spacial score (nSPS) is 26.9. The van der Waals surface area contributed by atoms with E-state index in [9.17, 15) is 0 Å². The topological polar surface area (TPSA) is 21.3 Å². The quantitative estimate of drug-likeness (QED) is 0.889. The highest BCUT2D eigenvalue weighted by Gasteiger charge is 2.34. The Morgan fingerprint density at radius 1 is 0.955 bits per heavy atom. The third kappa shape index (κ3) is 2.86. The zero-order valence-electron chi connectivity index (χ0n) is 12.5. The van der Waals surface area contributed by atoms with E-state index in [4.69, 9.17) is 16.3 Å². The van der Waals surface area contributed by atoms with Gasteiger partial charge in [0.2, 0.25) is 0 Å². The summed E-state index contributed by atoms with van der Waals surface area (Å²) in [4.78, 5) is 0. The van der Waals surface area contributed by atoms with Crippen LogP contribution in [-0.4, -0.2) is 18.2 Å². The van der Waals surface area contributed by atoms with E-state index in [1.165, 1.54) is 12.8 Å². The summed E-state index contributed by atoms with van der Waals surface area (Å²) in [6, 6.07) is 17.5. The largest absolute Gasteiger partial charge is 0.490 e. The van der Waals surface area contributed by atoms with Gasteiger partial charge in [-0.15, -0.1) is 0 Å². The van der Waals surface area contributed by atoms with Gasteiger partial charge in [0.25, 0.3) is 0 Å². The van der Waals surface area contributed by atoms with Gasteiger partial charge in [-0.05, 0) is 49.4 Å².